The van der Waals surface area contributed by atoms with Crippen LogP contribution in [0.5, 0.6) is 0 Å². The number of halogens is 2. The van der Waals surface area contributed by atoms with Gasteiger partial charge in [-0.2, -0.15) is 0 Å². The minimum Gasteiger partial charge on any atom is -0.339 e. The number of benzene rings is 1. The molecule has 25 heavy (non-hydrogen) atoms. The highest BCUT2D eigenvalue weighted by atomic mass is 32.1. The van der Waals surface area contributed by atoms with E-state index in [-0.39, 0.29) is 11.5 Å². The third-order valence-electron chi connectivity index (χ3n) is 4.25. The normalized spacial score (nSPS) is 14.6. The topological polar surface area (TPSA) is 40.6 Å². The van der Waals surface area contributed by atoms with E-state index in [4.69, 9.17) is 0 Å². The number of nitrogens with zero attached hydrogens (tertiary/aromatic N) is 2. The van der Waals surface area contributed by atoms with E-state index in [9.17, 15) is 18.4 Å². The van der Waals surface area contributed by atoms with Crippen LogP contribution in [0.15, 0.2) is 35.7 Å². The zero-order valence-electron chi connectivity index (χ0n) is 13.6. The number of carbonyl (C=O) groups excluding carboxylic acids is 2. The number of carbonyl (C=O) groups is 2. The minimum absolute atomic E-state index is 0.0634. The van der Waals surface area contributed by atoms with Gasteiger partial charge in [0.25, 0.3) is 5.91 Å². The average Bonchev–Trinajstić information content (AvgIpc) is 3.13. The third kappa shape index (κ3) is 4.22. The van der Waals surface area contributed by atoms with Gasteiger partial charge in [0.1, 0.15) is 11.6 Å². The summed E-state index contributed by atoms with van der Waals surface area (Å²) in [7, 11) is 0. The predicted octanol–water partition coefficient (Wildman–Crippen LogP) is 2.94. The molecule has 0 bridgehead atoms. The lowest BCUT2D eigenvalue weighted by molar-refractivity contribution is -0.132. The molecule has 1 aliphatic heterocycles. The Morgan fingerprint density at radius 3 is 2.40 bits per heavy atom. The van der Waals surface area contributed by atoms with Crippen LogP contribution in [0.4, 0.5) is 8.78 Å². The van der Waals surface area contributed by atoms with Gasteiger partial charge < -0.3 is 9.80 Å². The van der Waals surface area contributed by atoms with Crippen molar-refractivity contribution in [1.29, 1.82) is 0 Å². The summed E-state index contributed by atoms with van der Waals surface area (Å²) in [5.74, 6) is -1.98. The third-order valence-corrected chi connectivity index (χ3v) is 5.18. The van der Waals surface area contributed by atoms with Gasteiger partial charge in [-0.15, -0.1) is 11.3 Å². The first-order valence-corrected chi connectivity index (χ1v) is 8.97. The predicted molar refractivity (Wildman–Crippen MR) is 91.5 cm³/mol. The highest BCUT2D eigenvalue weighted by molar-refractivity contribution is 7.09. The molecule has 0 radical (unpaired) electrons. The van der Waals surface area contributed by atoms with Gasteiger partial charge in [-0.25, -0.2) is 8.78 Å². The monoisotopic (exact) mass is 364 g/mol. The summed E-state index contributed by atoms with van der Waals surface area (Å²) in [5, 5.41) is 1.98. The summed E-state index contributed by atoms with van der Waals surface area (Å²) in [4.78, 5) is 29.0. The van der Waals surface area contributed by atoms with Gasteiger partial charge in [-0.3, -0.25) is 9.59 Å². The maximum Gasteiger partial charge on any atom is 0.256 e. The molecule has 1 fully saturated rings. The fourth-order valence-electron chi connectivity index (χ4n) is 2.84. The molecule has 0 aliphatic carbocycles. The summed E-state index contributed by atoms with van der Waals surface area (Å²) in [6, 6.07) is 6.90. The Bertz CT molecular complexity index is 756. The number of rotatable bonds is 4. The molecule has 1 aliphatic rings. The van der Waals surface area contributed by atoms with Crippen molar-refractivity contribution in [3.63, 3.8) is 0 Å². The van der Waals surface area contributed by atoms with Crippen molar-refractivity contribution in [2.24, 2.45) is 0 Å². The van der Waals surface area contributed by atoms with Crippen LogP contribution in [-0.4, -0.2) is 47.8 Å². The van der Waals surface area contributed by atoms with Crippen molar-refractivity contribution in [3.05, 3.63) is 57.8 Å². The van der Waals surface area contributed by atoms with Crippen LogP contribution < -0.4 is 0 Å². The molecule has 0 unspecified atom stereocenters. The molecule has 1 saturated heterocycles. The maximum atomic E-state index is 13.7. The number of thiophene rings is 1. The highest BCUT2D eigenvalue weighted by Crippen LogP contribution is 2.16. The molecule has 2 heterocycles. The van der Waals surface area contributed by atoms with Crippen molar-refractivity contribution in [2.45, 2.75) is 12.8 Å². The van der Waals surface area contributed by atoms with E-state index in [2.05, 4.69) is 0 Å². The standard InChI is InChI=1S/C18H18F2N2O2S/c19-13-3-5-15(16(20)12-13)18(24)22-9-7-21(8-10-22)17(23)6-4-14-2-1-11-25-14/h1-3,5,11-12H,4,6-10H2. The van der Waals surface area contributed by atoms with Gasteiger partial charge in [-0.1, -0.05) is 6.07 Å². The van der Waals surface area contributed by atoms with Crippen molar-refractivity contribution in [2.75, 3.05) is 26.2 Å². The van der Waals surface area contributed by atoms with Crippen LogP contribution in [0.3, 0.4) is 0 Å². The van der Waals surface area contributed by atoms with E-state index < -0.39 is 17.5 Å². The van der Waals surface area contributed by atoms with Crippen LogP contribution in [0.25, 0.3) is 0 Å². The van der Waals surface area contributed by atoms with Crippen LogP contribution in [0.1, 0.15) is 21.7 Å². The van der Waals surface area contributed by atoms with Crippen molar-refractivity contribution >= 4 is 23.2 Å². The van der Waals surface area contributed by atoms with Crippen molar-refractivity contribution in [3.8, 4) is 0 Å². The van der Waals surface area contributed by atoms with Crippen molar-refractivity contribution < 1.29 is 18.4 Å². The van der Waals surface area contributed by atoms with Gasteiger partial charge in [0, 0.05) is 43.5 Å². The molecule has 0 saturated carbocycles. The molecule has 4 nitrogen and oxygen atoms in total. The van der Waals surface area contributed by atoms with Crippen molar-refractivity contribution in [1.82, 2.24) is 9.80 Å². The molecule has 3 rings (SSSR count). The number of piperazine rings is 1. The van der Waals surface area contributed by atoms with E-state index in [0.29, 0.717) is 38.7 Å². The first-order chi connectivity index (χ1) is 12.0. The SMILES string of the molecule is O=C(CCc1cccs1)N1CCN(C(=O)c2ccc(F)cc2F)CC1. The number of aryl methyl sites for hydroxylation is 1. The molecule has 2 aromatic rings. The largest absolute Gasteiger partial charge is 0.339 e. The first kappa shape index (κ1) is 17.5. The summed E-state index contributed by atoms with van der Waals surface area (Å²) < 4.78 is 26.7. The lowest BCUT2D eigenvalue weighted by atomic mass is 10.1. The quantitative estimate of drug-likeness (QED) is 0.837. The zero-order valence-corrected chi connectivity index (χ0v) is 14.4. The van der Waals surface area contributed by atoms with Gasteiger partial charge in [0.2, 0.25) is 5.91 Å². The summed E-state index contributed by atoms with van der Waals surface area (Å²) in [5.41, 5.74) is -0.140. The molecule has 0 spiro atoms. The lowest BCUT2D eigenvalue weighted by Gasteiger charge is -2.35. The Labute approximate surface area is 148 Å². The fraction of sp³-hybridized carbons (Fsp3) is 0.333. The van der Waals surface area contributed by atoms with E-state index in [0.717, 1.165) is 18.6 Å². The summed E-state index contributed by atoms with van der Waals surface area (Å²) >= 11 is 1.63. The van der Waals surface area contributed by atoms with Crippen LogP contribution in [-0.2, 0) is 11.2 Å². The molecule has 1 aromatic heterocycles. The number of amides is 2. The highest BCUT2D eigenvalue weighted by Gasteiger charge is 2.26. The molecule has 132 valence electrons. The molecular formula is C18H18F2N2O2S. The second kappa shape index (κ2) is 7.74. The Morgan fingerprint density at radius 2 is 1.76 bits per heavy atom. The van der Waals surface area contributed by atoms with E-state index in [1.165, 1.54) is 9.78 Å². The van der Waals surface area contributed by atoms with E-state index in [1.807, 2.05) is 17.5 Å². The Hall–Kier alpha value is -2.28. The van der Waals surface area contributed by atoms with Gasteiger partial charge in [-0.05, 0) is 30.0 Å². The fourth-order valence-corrected chi connectivity index (χ4v) is 3.54. The smallest absolute Gasteiger partial charge is 0.256 e. The number of hydrogen-bond donors (Lipinski definition) is 0. The second-order valence-corrected chi connectivity index (χ2v) is 6.91. The Kier molecular flexibility index (Phi) is 5.43. The first-order valence-electron chi connectivity index (χ1n) is 8.09. The summed E-state index contributed by atoms with van der Waals surface area (Å²) in [6.45, 7) is 1.55. The van der Waals surface area contributed by atoms with Gasteiger partial charge >= 0.3 is 0 Å². The average molecular weight is 364 g/mol. The molecular weight excluding hydrogens is 346 g/mol. The Balaban J connectivity index is 1.52. The van der Waals surface area contributed by atoms with Crippen LogP contribution in [0.2, 0.25) is 0 Å². The summed E-state index contributed by atoms with van der Waals surface area (Å²) in [6.07, 6.45) is 1.16. The minimum atomic E-state index is -0.862. The van der Waals surface area contributed by atoms with Gasteiger partial charge in [0.05, 0.1) is 5.56 Å². The zero-order chi connectivity index (χ0) is 17.8. The molecule has 7 heteroatoms. The van der Waals surface area contributed by atoms with E-state index in [1.54, 1.807) is 16.2 Å². The second-order valence-electron chi connectivity index (χ2n) is 5.88. The molecule has 2 amide bonds. The van der Waals surface area contributed by atoms with Gasteiger partial charge in [0.15, 0.2) is 0 Å². The number of hydrogen-bond acceptors (Lipinski definition) is 3. The molecule has 0 atom stereocenters. The van der Waals surface area contributed by atoms with E-state index >= 15 is 0 Å². The lowest BCUT2D eigenvalue weighted by Crippen LogP contribution is -2.50. The van der Waals surface area contributed by atoms with Crippen LogP contribution >= 0.6 is 11.3 Å². The Morgan fingerprint density at radius 1 is 1.04 bits per heavy atom. The molecule has 0 N–H and O–H groups in total. The molecule has 1 aromatic carbocycles. The van der Waals surface area contributed by atoms with Crippen LogP contribution in [0, 0.1) is 11.6 Å². The maximum absolute atomic E-state index is 13.7.